The quantitative estimate of drug-likeness (QED) is 0.756. The van der Waals surface area contributed by atoms with Crippen molar-refractivity contribution in [3.05, 3.63) is 65.5 Å². The number of ketones is 1. The molecule has 0 spiro atoms. The van der Waals surface area contributed by atoms with E-state index in [1.54, 1.807) is 12.3 Å². The van der Waals surface area contributed by atoms with E-state index >= 15 is 0 Å². The van der Waals surface area contributed by atoms with E-state index in [4.69, 9.17) is 4.99 Å². The largest absolute Gasteiger partial charge is 0.372 e. The van der Waals surface area contributed by atoms with Crippen LogP contribution in [0.5, 0.6) is 0 Å². The first-order chi connectivity index (χ1) is 11.6. The zero-order chi connectivity index (χ0) is 17.1. The Morgan fingerprint density at radius 1 is 1.12 bits per heavy atom. The van der Waals surface area contributed by atoms with Gasteiger partial charge in [-0.1, -0.05) is 0 Å². The number of fused-ring (bicyclic) bond motifs is 1. The van der Waals surface area contributed by atoms with Crippen LogP contribution in [0.4, 0.5) is 11.4 Å². The van der Waals surface area contributed by atoms with Crippen molar-refractivity contribution in [3.8, 4) is 0 Å². The first-order valence-electron chi connectivity index (χ1n) is 8.26. The molecule has 1 aliphatic carbocycles. The van der Waals surface area contributed by atoms with Gasteiger partial charge in [-0.3, -0.25) is 9.78 Å². The Hall–Kier alpha value is -2.23. The first kappa shape index (κ1) is 19.1. The summed E-state index contributed by atoms with van der Waals surface area (Å²) in [7, 11) is 0. The van der Waals surface area contributed by atoms with Crippen molar-refractivity contribution in [2.45, 2.75) is 20.8 Å². The molecule has 1 heterocycles. The van der Waals surface area contributed by atoms with Crippen LogP contribution in [0.15, 0.2) is 53.7 Å². The van der Waals surface area contributed by atoms with Crippen molar-refractivity contribution in [3.63, 3.8) is 0 Å². The summed E-state index contributed by atoms with van der Waals surface area (Å²) in [5, 5.41) is 0. The molecule has 1 aliphatic rings. The number of hydrogen-bond donors (Lipinski definition) is 0. The second-order valence-corrected chi connectivity index (χ2v) is 5.74. The van der Waals surface area contributed by atoms with E-state index in [1.165, 1.54) is 11.8 Å². The van der Waals surface area contributed by atoms with Gasteiger partial charge in [0.25, 0.3) is 0 Å². The van der Waals surface area contributed by atoms with Crippen LogP contribution in [0.25, 0.3) is 0 Å². The molecule has 0 radical (unpaired) electrons. The summed E-state index contributed by atoms with van der Waals surface area (Å²) in [5.74, 6) is -0.0712. The van der Waals surface area contributed by atoms with Crippen molar-refractivity contribution >= 4 is 22.9 Å². The molecule has 130 valence electrons. The number of hydrogen-bond acceptors (Lipinski definition) is 4. The predicted molar refractivity (Wildman–Crippen MR) is 98.6 cm³/mol. The summed E-state index contributed by atoms with van der Waals surface area (Å²) in [4.78, 5) is 23.2. The average molecular weight is 375 g/mol. The molecule has 0 saturated heterocycles. The normalized spacial score (nSPS) is 14.2. The number of allylic oxidation sites excluding steroid dienone is 2. The molecule has 2 aromatic rings. The van der Waals surface area contributed by atoms with E-state index in [-0.39, 0.29) is 22.9 Å². The number of anilines is 1. The van der Waals surface area contributed by atoms with Crippen LogP contribution < -0.4 is 4.90 Å². The van der Waals surface area contributed by atoms with Gasteiger partial charge >= 0.3 is 0 Å². The van der Waals surface area contributed by atoms with E-state index in [0.29, 0.717) is 5.69 Å². The SMILES string of the molecule is CCN(CC)c1ccc(N=C2C=CC(=O)c3ncccc32)c(C)c1.[Fe]. The average Bonchev–Trinajstić information content (AvgIpc) is 2.60. The third-order valence-corrected chi connectivity index (χ3v) is 4.26. The molecule has 0 aliphatic heterocycles. The number of aryl methyl sites for hydroxylation is 1. The number of benzene rings is 1. The maximum atomic E-state index is 11.9. The Bertz CT molecular complexity index is 839. The summed E-state index contributed by atoms with van der Waals surface area (Å²) >= 11 is 0. The van der Waals surface area contributed by atoms with Gasteiger partial charge in [0.15, 0.2) is 0 Å². The molecule has 5 heteroatoms. The Morgan fingerprint density at radius 2 is 1.88 bits per heavy atom. The first-order valence-corrected chi connectivity index (χ1v) is 8.26. The van der Waals surface area contributed by atoms with Crippen LogP contribution in [0, 0.1) is 6.92 Å². The van der Waals surface area contributed by atoms with Gasteiger partial charge in [0.1, 0.15) is 5.69 Å². The van der Waals surface area contributed by atoms with Crippen LogP contribution >= 0.6 is 0 Å². The zero-order valence-corrected chi connectivity index (χ0v) is 15.7. The molecule has 3 rings (SSSR count). The molecule has 0 N–H and O–H groups in total. The molecule has 1 aromatic heterocycles. The van der Waals surface area contributed by atoms with Crippen molar-refractivity contribution in [2.24, 2.45) is 4.99 Å². The molecule has 0 saturated carbocycles. The smallest absolute Gasteiger partial charge is 0.204 e. The summed E-state index contributed by atoms with van der Waals surface area (Å²) in [6, 6.07) is 10.0. The fourth-order valence-electron chi connectivity index (χ4n) is 2.91. The van der Waals surface area contributed by atoms with Crippen LogP contribution in [0.1, 0.15) is 35.5 Å². The Morgan fingerprint density at radius 3 is 2.56 bits per heavy atom. The van der Waals surface area contributed by atoms with Gasteiger partial charge in [0.05, 0.1) is 11.4 Å². The molecule has 4 nitrogen and oxygen atoms in total. The van der Waals surface area contributed by atoms with Gasteiger partial charge in [0.2, 0.25) is 5.78 Å². The van der Waals surface area contributed by atoms with Gasteiger partial charge in [-0.2, -0.15) is 0 Å². The minimum Gasteiger partial charge on any atom is -0.372 e. The monoisotopic (exact) mass is 375 g/mol. The molecule has 0 bridgehead atoms. The molecule has 0 atom stereocenters. The van der Waals surface area contributed by atoms with E-state index in [1.807, 2.05) is 18.2 Å². The molecule has 0 unspecified atom stereocenters. The standard InChI is InChI=1S/C20H21N3O.Fe/c1-4-23(5-2)15-8-9-17(14(3)13-15)22-18-10-11-19(24)20-16(18)7-6-12-21-20;/h6-13H,4-5H2,1-3H3;. The number of carbonyl (C=O) groups excluding carboxylic acids is 1. The van der Waals surface area contributed by atoms with Crippen LogP contribution in [0.3, 0.4) is 0 Å². The Balaban J connectivity index is 0.00000225. The maximum absolute atomic E-state index is 11.9. The summed E-state index contributed by atoms with van der Waals surface area (Å²) < 4.78 is 0. The molecular weight excluding hydrogens is 354 g/mol. The van der Waals surface area contributed by atoms with Crippen LogP contribution in [-0.4, -0.2) is 29.6 Å². The van der Waals surface area contributed by atoms with Crippen molar-refractivity contribution in [2.75, 3.05) is 18.0 Å². The van der Waals surface area contributed by atoms with E-state index < -0.39 is 0 Å². The minimum absolute atomic E-state index is 0. The summed E-state index contributed by atoms with van der Waals surface area (Å²) in [6.45, 7) is 8.33. The van der Waals surface area contributed by atoms with E-state index in [2.05, 4.69) is 42.8 Å². The maximum Gasteiger partial charge on any atom is 0.204 e. The minimum atomic E-state index is -0.0712. The van der Waals surface area contributed by atoms with Gasteiger partial charge in [-0.25, -0.2) is 4.99 Å². The number of pyridine rings is 1. The summed E-state index contributed by atoms with van der Waals surface area (Å²) in [5.41, 5.74) is 5.26. The number of aromatic nitrogens is 1. The Kier molecular flexibility index (Phi) is 6.29. The molecule has 1 aromatic carbocycles. The summed E-state index contributed by atoms with van der Waals surface area (Å²) in [6.07, 6.45) is 4.94. The number of rotatable bonds is 4. The van der Waals surface area contributed by atoms with Gasteiger partial charge < -0.3 is 4.90 Å². The third-order valence-electron chi connectivity index (χ3n) is 4.26. The van der Waals surface area contributed by atoms with Gasteiger partial charge in [-0.15, -0.1) is 0 Å². The number of nitrogens with zero attached hydrogens (tertiary/aromatic N) is 3. The van der Waals surface area contributed by atoms with Gasteiger partial charge in [-0.05, 0) is 68.8 Å². The number of aliphatic imine (C=N–C) groups is 1. The fraction of sp³-hybridized carbons (Fsp3) is 0.250. The molecular formula is C20H21FeN3O. The number of carbonyl (C=O) groups is 1. The predicted octanol–water partition coefficient (Wildman–Crippen LogP) is 4.11. The Labute approximate surface area is 159 Å². The fourth-order valence-corrected chi connectivity index (χ4v) is 2.91. The van der Waals surface area contributed by atoms with E-state index in [9.17, 15) is 4.79 Å². The van der Waals surface area contributed by atoms with Crippen molar-refractivity contribution in [1.82, 2.24) is 4.98 Å². The molecule has 0 fully saturated rings. The molecule has 25 heavy (non-hydrogen) atoms. The van der Waals surface area contributed by atoms with Crippen molar-refractivity contribution in [1.29, 1.82) is 0 Å². The zero-order valence-electron chi connectivity index (χ0n) is 14.6. The second kappa shape index (κ2) is 8.23. The second-order valence-electron chi connectivity index (χ2n) is 5.74. The van der Waals surface area contributed by atoms with Crippen molar-refractivity contribution < 1.29 is 21.9 Å². The third kappa shape index (κ3) is 3.89. The molecule has 0 amide bonds. The van der Waals surface area contributed by atoms with Gasteiger partial charge in [0, 0.05) is 47.6 Å². The van der Waals surface area contributed by atoms with Crippen LogP contribution in [0.2, 0.25) is 0 Å². The van der Waals surface area contributed by atoms with Crippen LogP contribution in [-0.2, 0) is 17.1 Å². The van der Waals surface area contributed by atoms with E-state index in [0.717, 1.165) is 35.6 Å². The topological polar surface area (TPSA) is 45.6 Å².